The van der Waals surface area contributed by atoms with Gasteiger partial charge in [0.05, 0.1) is 0 Å². The Hall–Kier alpha value is -2.95. The normalized spacial score (nSPS) is 20.4. The number of hydrogen-bond donors (Lipinski definition) is 0. The molecule has 0 spiro atoms. The van der Waals surface area contributed by atoms with Crippen molar-refractivity contribution in [3.8, 4) is 11.4 Å². The van der Waals surface area contributed by atoms with Gasteiger partial charge in [-0.15, -0.1) is 15.3 Å². The maximum absolute atomic E-state index is 5.05. The Morgan fingerprint density at radius 2 is 1.48 bits per heavy atom. The van der Waals surface area contributed by atoms with Crippen molar-refractivity contribution in [1.29, 1.82) is 0 Å². The highest BCUT2D eigenvalue weighted by Crippen LogP contribution is 2.32. The molecule has 0 amide bonds. The second-order valence-electron chi connectivity index (χ2n) is 7.85. The summed E-state index contributed by atoms with van der Waals surface area (Å²) in [5.74, 6) is 3.16. The van der Waals surface area contributed by atoms with Crippen LogP contribution in [0.25, 0.3) is 27.8 Å². The number of hydrogen-bond acceptors (Lipinski definition) is 4. The van der Waals surface area contributed by atoms with E-state index in [0.717, 1.165) is 46.7 Å². The monoisotopic (exact) mass is 357 g/mol. The summed E-state index contributed by atoms with van der Waals surface area (Å²) in [6.45, 7) is 6.74. The molecule has 2 aromatic heterocycles. The van der Waals surface area contributed by atoms with Gasteiger partial charge in [-0.05, 0) is 18.3 Å². The zero-order valence-electron chi connectivity index (χ0n) is 15.7. The number of nitrogens with zero attached hydrogens (tertiary/aromatic N) is 5. The minimum Gasteiger partial charge on any atom is -0.354 e. The predicted octanol–water partition coefficient (Wildman–Crippen LogP) is 4.43. The third kappa shape index (κ3) is 2.74. The Balaban J connectivity index is 1.76. The summed E-state index contributed by atoms with van der Waals surface area (Å²) in [5, 5.41) is 16.2. The van der Waals surface area contributed by atoms with Gasteiger partial charge in [-0.3, -0.25) is 0 Å². The van der Waals surface area contributed by atoms with Crippen LogP contribution in [0.5, 0.6) is 0 Å². The van der Waals surface area contributed by atoms with Gasteiger partial charge in [0, 0.05) is 29.4 Å². The molecule has 27 heavy (non-hydrogen) atoms. The summed E-state index contributed by atoms with van der Waals surface area (Å²) < 4.78 is 1.91. The molecular weight excluding hydrogens is 334 g/mol. The van der Waals surface area contributed by atoms with Crippen molar-refractivity contribution in [3.05, 3.63) is 54.6 Å². The van der Waals surface area contributed by atoms with E-state index in [4.69, 9.17) is 5.10 Å². The molecule has 1 aliphatic rings. The Morgan fingerprint density at radius 1 is 0.815 bits per heavy atom. The van der Waals surface area contributed by atoms with Crippen LogP contribution in [0, 0.1) is 11.8 Å². The van der Waals surface area contributed by atoms with Crippen molar-refractivity contribution < 1.29 is 0 Å². The first-order valence-electron chi connectivity index (χ1n) is 9.65. The lowest BCUT2D eigenvalue weighted by atomic mass is 9.92. The van der Waals surface area contributed by atoms with E-state index in [9.17, 15) is 0 Å². The van der Waals surface area contributed by atoms with Gasteiger partial charge in [0.1, 0.15) is 0 Å². The van der Waals surface area contributed by atoms with Gasteiger partial charge in [0.25, 0.3) is 0 Å². The van der Waals surface area contributed by atoms with Crippen molar-refractivity contribution in [3.63, 3.8) is 0 Å². The highest BCUT2D eigenvalue weighted by Gasteiger charge is 2.25. The van der Waals surface area contributed by atoms with Gasteiger partial charge >= 0.3 is 0 Å². The minimum atomic E-state index is 0.666. The van der Waals surface area contributed by atoms with Gasteiger partial charge in [0.15, 0.2) is 17.3 Å². The van der Waals surface area contributed by atoms with Crippen LogP contribution in [0.3, 0.4) is 0 Å². The van der Waals surface area contributed by atoms with Gasteiger partial charge < -0.3 is 4.90 Å². The smallest absolute Gasteiger partial charge is 0.186 e. The number of rotatable bonds is 2. The topological polar surface area (TPSA) is 46.3 Å². The Morgan fingerprint density at radius 3 is 2.22 bits per heavy atom. The standard InChI is InChI=1S/C22H23N5/c1-15-12-16(2)14-26(13-15)22-19-11-7-6-10-18(19)21-24-23-20(27(21)25-22)17-8-4-3-5-9-17/h3-11,15-16H,12-14H2,1-2H3. The Kier molecular flexibility index (Phi) is 3.81. The first kappa shape index (κ1) is 16.2. The molecule has 2 atom stereocenters. The number of benzene rings is 2. The molecule has 0 bridgehead atoms. The summed E-state index contributed by atoms with van der Waals surface area (Å²) >= 11 is 0. The molecule has 1 saturated heterocycles. The van der Waals surface area contributed by atoms with Crippen molar-refractivity contribution in [2.24, 2.45) is 11.8 Å². The molecule has 0 N–H and O–H groups in total. The molecule has 2 unspecified atom stereocenters. The first-order valence-corrected chi connectivity index (χ1v) is 9.65. The largest absolute Gasteiger partial charge is 0.354 e. The molecule has 0 saturated carbocycles. The van der Waals surface area contributed by atoms with Gasteiger partial charge in [0.2, 0.25) is 0 Å². The van der Waals surface area contributed by atoms with E-state index in [2.05, 4.69) is 65.3 Å². The van der Waals surface area contributed by atoms with E-state index in [1.54, 1.807) is 0 Å². The average molecular weight is 357 g/mol. The summed E-state index contributed by atoms with van der Waals surface area (Å²) in [7, 11) is 0. The minimum absolute atomic E-state index is 0.666. The summed E-state index contributed by atoms with van der Waals surface area (Å²) in [4.78, 5) is 2.44. The summed E-state index contributed by atoms with van der Waals surface area (Å²) in [6, 6.07) is 18.6. The molecule has 136 valence electrons. The maximum Gasteiger partial charge on any atom is 0.186 e. The lowest BCUT2D eigenvalue weighted by Crippen LogP contribution is -2.39. The second kappa shape index (κ2) is 6.34. The van der Waals surface area contributed by atoms with E-state index in [1.807, 2.05) is 22.7 Å². The highest BCUT2D eigenvalue weighted by atomic mass is 15.4. The molecule has 1 aliphatic heterocycles. The average Bonchev–Trinajstić information content (AvgIpc) is 3.11. The predicted molar refractivity (Wildman–Crippen MR) is 109 cm³/mol. The molecule has 0 aliphatic carbocycles. The number of anilines is 1. The molecule has 3 heterocycles. The lowest BCUT2D eigenvalue weighted by molar-refractivity contribution is 0.355. The second-order valence-corrected chi connectivity index (χ2v) is 7.85. The first-order chi connectivity index (χ1) is 13.2. The molecular formula is C22H23N5. The molecule has 0 radical (unpaired) electrons. The van der Waals surface area contributed by atoms with Crippen LogP contribution in [-0.2, 0) is 0 Å². The zero-order chi connectivity index (χ0) is 18.4. The fourth-order valence-corrected chi connectivity index (χ4v) is 4.40. The quantitative estimate of drug-likeness (QED) is 0.532. The molecule has 2 aromatic carbocycles. The maximum atomic E-state index is 5.05. The van der Waals surface area contributed by atoms with Gasteiger partial charge in [-0.2, -0.15) is 4.52 Å². The fraction of sp³-hybridized carbons (Fsp3) is 0.318. The molecule has 1 fully saturated rings. The SMILES string of the molecule is CC1CC(C)CN(c2nn3c(-c4ccccc4)nnc3c3ccccc23)C1. The van der Waals surface area contributed by atoms with Crippen molar-refractivity contribution in [1.82, 2.24) is 19.8 Å². The summed E-state index contributed by atoms with van der Waals surface area (Å²) in [5.41, 5.74) is 1.84. The lowest BCUT2D eigenvalue weighted by Gasteiger charge is -2.36. The van der Waals surface area contributed by atoms with Crippen LogP contribution in [0.15, 0.2) is 54.6 Å². The van der Waals surface area contributed by atoms with E-state index < -0.39 is 0 Å². The Labute approximate surface area is 158 Å². The van der Waals surface area contributed by atoms with Gasteiger partial charge in [-0.1, -0.05) is 68.4 Å². The van der Waals surface area contributed by atoms with Gasteiger partial charge in [-0.25, -0.2) is 0 Å². The van der Waals surface area contributed by atoms with Crippen LogP contribution in [-0.4, -0.2) is 32.9 Å². The van der Waals surface area contributed by atoms with Crippen molar-refractivity contribution in [2.75, 3.05) is 18.0 Å². The van der Waals surface area contributed by atoms with Crippen molar-refractivity contribution >= 4 is 22.2 Å². The van der Waals surface area contributed by atoms with Crippen LogP contribution in [0.2, 0.25) is 0 Å². The van der Waals surface area contributed by atoms with Crippen molar-refractivity contribution in [2.45, 2.75) is 20.3 Å². The van der Waals surface area contributed by atoms with Crippen LogP contribution < -0.4 is 4.90 Å². The third-order valence-electron chi connectivity index (χ3n) is 5.44. The van der Waals surface area contributed by atoms with Crippen LogP contribution in [0.1, 0.15) is 20.3 Å². The molecule has 4 aromatic rings. The van der Waals surface area contributed by atoms with Crippen LogP contribution >= 0.6 is 0 Å². The fourth-order valence-electron chi connectivity index (χ4n) is 4.40. The molecule has 5 nitrogen and oxygen atoms in total. The third-order valence-corrected chi connectivity index (χ3v) is 5.44. The van der Waals surface area contributed by atoms with E-state index in [-0.39, 0.29) is 0 Å². The molecule has 5 rings (SSSR count). The summed E-state index contributed by atoms with van der Waals surface area (Å²) in [6.07, 6.45) is 1.28. The molecule has 5 heteroatoms. The highest BCUT2D eigenvalue weighted by molar-refractivity contribution is 6.00. The van der Waals surface area contributed by atoms with E-state index >= 15 is 0 Å². The van der Waals surface area contributed by atoms with E-state index in [1.165, 1.54) is 6.42 Å². The number of fused-ring (bicyclic) bond motifs is 3. The van der Waals surface area contributed by atoms with Crippen LogP contribution in [0.4, 0.5) is 5.82 Å². The van der Waals surface area contributed by atoms with E-state index in [0.29, 0.717) is 11.8 Å². The number of aromatic nitrogens is 4. The zero-order valence-corrected chi connectivity index (χ0v) is 15.7. The number of piperidine rings is 1. The Bertz CT molecular complexity index is 1090.